The van der Waals surface area contributed by atoms with Gasteiger partial charge in [-0.05, 0) is 41.0 Å². The van der Waals surface area contributed by atoms with Crippen molar-refractivity contribution in [1.29, 1.82) is 0 Å². The number of nitrogens with zero attached hydrogens (tertiary/aromatic N) is 2. The molecule has 0 aliphatic carbocycles. The molecule has 31 heavy (non-hydrogen) atoms. The van der Waals surface area contributed by atoms with Gasteiger partial charge in [-0.25, -0.2) is 8.78 Å². The van der Waals surface area contributed by atoms with Crippen LogP contribution in [-0.4, -0.2) is 42.5 Å². The molecule has 0 N–H and O–H groups in total. The molecule has 162 valence electrons. The molecule has 1 aliphatic rings. The molecule has 3 aromatic carbocycles. The quantitative estimate of drug-likeness (QED) is 0.581. The van der Waals surface area contributed by atoms with Crippen molar-refractivity contribution in [1.82, 2.24) is 9.80 Å². The average Bonchev–Trinajstić information content (AvgIpc) is 2.78. The van der Waals surface area contributed by atoms with Crippen LogP contribution in [0.15, 0.2) is 84.9 Å². The Balaban J connectivity index is 0.00000181. The minimum Gasteiger partial charge on any atom is -1.00 e. The third-order valence-corrected chi connectivity index (χ3v) is 5.62. The van der Waals surface area contributed by atoms with E-state index >= 15 is 0 Å². The van der Waals surface area contributed by atoms with Gasteiger partial charge in [0.05, 0.1) is 6.04 Å². The fourth-order valence-electron chi connectivity index (χ4n) is 4.01. The molecular formula is C26H27ClF2N2. The summed E-state index contributed by atoms with van der Waals surface area (Å²) in [5, 5.41) is 0. The van der Waals surface area contributed by atoms with Gasteiger partial charge in [0.1, 0.15) is 11.6 Å². The van der Waals surface area contributed by atoms with Crippen molar-refractivity contribution >= 4 is 6.08 Å². The highest BCUT2D eigenvalue weighted by molar-refractivity contribution is 5.48. The fraction of sp³-hybridized carbons (Fsp3) is 0.231. The minimum absolute atomic E-state index is 0. The van der Waals surface area contributed by atoms with E-state index in [4.69, 9.17) is 0 Å². The second-order valence-electron chi connectivity index (χ2n) is 7.66. The molecule has 1 saturated heterocycles. The monoisotopic (exact) mass is 440 g/mol. The number of hydrogen-bond donors (Lipinski definition) is 0. The molecule has 2 nitrogen and oxygen atoms in total. The Labute approximate surface area is 190 Å². The first-order chi connectivity index (χ1) is 14.7. The molecule has 0 amide bonds. The van der Waals surface area contributed by atoms with Crippen molar-refractivity contribution < 1.29 is 22.6 Å². The summed E-state index contributed by atoms with van der Waals surface area (Å²) in [5.74, 6) is -0.488. The zero-order valence-electron chi connectivity index (χ0n) is 18.3. The van der Waals surface area contributed by atoms with Crippen LogP contribution < -0.4 is 12.4 Å². The van der Waals surface area contributed by atoms with Gasteiger partial charge in [-0.15, -0.1) is 0 Å². The molecule has 0 aromatic heterocycles. The first-order valence-corrected chi connectivity index (χ1v) is 10.4. The Morgan fingerprint density at radius 2 is 1.26 bits per heavy atom. The highest BCUT2D eigenvalue weighted by Crippen LogP contribution is 2.30. The number of halogens is 3. The smallest absolute Gasteiger partial charge is 1.00 e. The predicted molar refractivity (Wildman–Crippen MR) is 119 cm³/mol. The van der Waals surface area contributed by atoms with Crippen LogP contribution in [-0.2, 0) is 0 Å². The predicted octanol–water partition coefficient (Wildman–Crippen LogP) is 2.50. The lowest BCUT2D eigenvalue weighted by Crippen LogP contribution is -3.00. The van der Waals surface area contributed by atoms with Gasteiger partial charge in [0, 0.05) is 32.7 Å². The van der Waals surface area contributed by atoms with E-state index in [0.29, 0.717) is 0 Å². The lowest BCUT2D eigenvalue weighted by Gasteiger charge is -2.39. The molecule has 5 heteroatoms. The highest BCUT2D eigenvalue weighted by atomic mass is 35.5. The number of benzene rings is 3. The largest absolute Gasteiger partial charge is 1.00 e. The summed E-state index contributed by atoms with van der Waals surface area (Å²) in [4.78, 5) is 4.83. The van der Waals surface area contributed by atoms with Gasteiger partial charge in [-0.1, -0.05) is 66.7 Å². The molecule has 3 aromatic rings. The maximum Gasteiger partial charge on any atom is 1.00 e. The minimum atomic E-state index is -0.244. The first kappa shape index (κ1) is 23.1. The Morgan fingerprint density at radius 3 is 1.77 bits per heavy atom. The summed E-state index contributed by atoms with van der Waals surface area (Å²) in [7, 11) is 0. The second kappa shape index (κ2) is 11.2. The highest BCUT2D eigenvalue weighted by Gasteiger charge is 2.26. The number of rotatable bonds is 6. The van der Waals surface area contributed by atoms with E-state index in [9.17, 15) is 8.78 Å². The van der Waals surface area contributed by atoms with Crippen LogP contribution in [0.5, 0.6) is 0 Å². The van der Waals surface area contributed by atoms with Gasteiger partial charge in [0.15, 0.2) is 0 Å². The van der Waals surface area contributed by atoms with Crippen molar-refractivity contribution in [3.05, 3.63) is 113 Å². The molecule has 1 aliphatic heterocycles. The van der Waals surface area contributed by atoms with Gasteiger partial charge < -0.3 is 12.4 Å². The van der Waals surface area contributed by atoms with Crippen molar-refractivity contribution in [3.63, 3.8) is 0 Å². The summed E-state index contributed by atoms with van der Waals surface area (Å²) < 4.78 is 26.9. The van der Waals surface area contributed by atoms with E-state index in [1.54, 1.807) is 0 Å². The van der Waals surface area contributed by atoms with Crippen LogP contribution in [0.1, 0.15) is 24.2 Å². The maximum absolute atomic E-state index is 13.5. The van der Waals surface area contributed by atoms with Gasteiger partial charge in [-0.3, -0.25) is 9.80 Å². The van der Waals surface area contributed by atoms with Crippen LogP contribution in [0.4, 0.5) is 8.78 Å². The SMILES string of the molecule is Fc1ccc(C(c2ccc(F)cc2)N2CCN(C/C=C/c3ccccc3)CC2)cc1.[Cl-].[H+]. The van der Waals surface area contributed by atoms with Crippen molar-refractivity contribution in [3.8, 4) is 0 Å². The normalized spacial score (nSPS) is 15.3. The van der Waals surface area contributed by atoms with Crippen molar-refractivity contribution in [2.75, 3.05) is 32.7 Å². The summed E-state index contributed by atoms with van der Waals surface area (Å²) in [6, 6.07) is 23.6. The molecular weight excluding hydrogens is 414 g/mol. The zero-order valence-corrected chi connectivity index (χ0v) is 18.1. The van der Waals surface area contributed by atoms with Crippen LogP contribution in [0, 0.1) is 11.6 Å². The number of hydrogen-bond acceptors (Lipinski definition) is 2. The molecule has 4 rings (SSSR count). The Hall–Kier alpha value is -2.53. The average molecular weight is 441 g/mol. The van der Waals surface area contributed by atoms with Crippen LogP contribution >= 0.6 is 0 Å². The fourth-order valence-corrected chi connectivity index (χ4v) is 4.01. The molecule has 0 radical (unpaired) electrons. The van der Waals surface area contributed by atoms with Crippen molar-refractivity contribution in [2.45, 2.75) is 6.04 Å². The third-order valence-electron chi connectivity index (χ3n) is 5.62. The maximum atomic E-state index is 13.5. The van der Waals surface area contributed by atoms with E-state index < -0.39 is 0 Å². The van der Waals surface area contributed by atoms with E-state index in [2.05, 4.69) is 34.1 Å². The topological polar surface area (TPSA) is 6.48 Å². The van der Waals surface area contributed by atoms with Gasteiger partial charge in [0.2, 0.25) is 0 Å². The van der Waals surface area contributed by atoms with Crippen LogP contribution in [0.2, 0.25) is 0 Å². The zero-order chi connectivity index (χ0) is 20.8. The molecule has 0 atom stereocenters. The molecule has 0 spiro atoms. The summed E-state index contributed by atoms with van der Waals surface area (Å²) in [6.45, 7) is 4.63. The summed E-state index contributed by atoms with van der Waals surface area (Å²) in [5.41, 5.74) is 3.27. The van der Waals surface area contributed by atoms with E-state index in [-0.39, 0.29) is 31.5 Å². The molecule has 0 saturated carbocycles. The van der Waals surface area contributed by atoms with Crippen molar-refractivity contribution in [2.24, 2.45) is 0 Å². The van der Waals surface area contributed by atoms with Gasteiger partial charge in [0.25, 0.3) is 0 Å². The van der Waals surface area contributed by atoms with Crippen LogP contribution in [0.3, 0.4) is 0 Å². The lowest BCUT2D eigenvalue weighted by molar-refractivity contribution is -0.00000714. The molecule has 0 bridgehead atoms. The van der Waals surface area contributed by atoms with E-state index in [1.807, 2.05) is 42.5 Å². The Morgan fingerprint density at radius 1 is 0.742 bits per heavy atom. The summed E-state index contributed by atoms with van der Waals surface area (Å²) >= 11 is 0. The number of piperazine rings is 1. The Kier molecular flexibility index (Phi) is 8.35. The van der Waals surface area contributed by atoms with E-state index in [0.717, 1.165) is 43.9 Å². The molecule has 1 fully saturated rings. The van der Waals surface area contributed by atoms with Crippen LogP contribution in [0.25, 0.3) is 6.08 Å². The second-order valence-corrected chi connectivity index (χ2v) is 7.66. The van der Waals surface area contributed by atoms with Gasteiger partial charge >= 0.3 is 1.43 Å². The van der Waals surface area contributed by atoms with E-state index in [1.165, 1.54) is 29.8 Å². The summed E-state index contributed by atoms with van der Waals surface area (Å²) in [6.07, 6.45) is 4.37. The molecule has 1 heterocycles. The standard InChI is InChI=1S/C26H26F2N2.ClH/c27-24-12-8-22(9-13-24)26(23-10-14-25(28)15-11-23)30-19-17-29(18-20-30)16-4-7-21-5-2-1-3-6-21;/h1-15,26H,16-20H2;1H/b7-4+;. The Bertz CT molecular complexity index is 912. The first-order valence-electron chi connectivity index (χ1n) is 10.4. The third kappa shape index (κ3) is 6.23. The molecule has 0 unspecified atom stereocenters. The van der Waals surface area contributed by atoms with Gasteiger partial charge in [-0.2, -0.15) is 0 Å². The lowest BCUT2D eigenvalue weighted by atomic mass is 9.96.